The maximum Gasteiger partial charge on any atom is 0.340 e. The molecule has 0 saturated carbocycles. The number of carbonyl (C=O) groups is 1. The van der Waals surface area contributed by atoms with Crippen LogP contribution in [-0.4, -0.2) is 17.6 Å². The van der Waals surface area contributed by atoms with Crippen LogP contribution in [0.2, 0.25) is 0 Å². The molecule has 0 spiro atoms. The number of hydrogen-bond donors (Lipinski definition) is 1. The summed E-state index contributed by atoms with van der Waals surface area (Å²) in [5.41, 5.74) is 3.34. The van der Waals surface area contributed by atoms with Gasteiger partial charge in [0.25, 0.3) is 0 Å². The van der Waals surface area contributed by atoms with Crippen molar-refractivity contribution in [2.75, 3.05) is 6.61 Å². The molecule has 0 unspecified atom stereocenters. The lowest BCUT2D eigenvalue weighted by Crippen LogP contribution is -2.04. The van der Waals surface area contributed by atoms with Crippen LogP contribution in [-0.2, 0) is 4.74 Å². The normalized spacial score (nSPS) is 10.5. The Labute approximate surface area is 133 Å². The first-order chi connectivity index (χ1) is 11.2. The highest BCUT2D eigenvalue weighted by Crippen LogP contribution is 2.29. The Morgan fingerprint density at radius 2 is 1.78 bits per heavy atom. The van der Waals surface area contributed by atoms with Gasteiger partial charge in [0.05, 0.1) is 17.9 Å². The summed E-state index contributed by atoms with van der Waals surface area (Å²) in [7, 11) is 0. The Bertz CT molecular complexity index is 824. The summed E-state index contributed by atoms with van der Waals surface area (Å²) in [4.78, 5) is 15.4. The molecule has 3 aromatic rings. The zero-order valence-electron chi connectivity index (χ0n) is 12.7. The number of carbonyl (C=O) groups excluding carboxylic acids is 1. The first-order valence-corrected chi connectivity index (χ1v) is 7.40. The molecule has 2 aromatic carbocycles. The van der Waals surface area contributed by atoms with Crippen LogP contribution in [0.5, 0.6) is 0 Å². The first-order valence-electron chi connectivity index (χ1n) is 7.40. The second kappa shape index (κ2) is 6.48. The number of aromatic amines is 1. The number of nitrogens with one attached hydrogen (secondary N) is 1. The van der Waals surface area contributed by atoms with Crippen molar-refractivity contribution in [2.24, 2.45) is 0 Å². The smallest absolute Gasteiger partial charge is 0.340 e. The van der Waals surface area contributed by atoms with E-state index in [0.29, 0.717) is 29.1 Å². The predicted molar refractivity (Wildman–Crippen MR) is 87.6 cm³/mol. The average molecular weight is 309 g/mol. The second-order valence-corrected chi connectivity index (χ2v) is 5.07. The second-order valence-electron chi connectivity index (χ2n) is 5.07. The van der Waals surface area contributed by atoms with Crippen molar-refractivity contribution < 1.29 is 13.9 Å². The van der Waals surface area contributed by atoms with Crippen LogP contribution in [0, 0.1) is 5.82 Å². The molecule has 3 rings (SSSR count). The molecule has 0 atom stereocenters. The van der Waals surface area contributed by atoms with E-state index in [-0.39, 0.29) is 5.82 Å². The van der Waals surface area contributed by atoms with Crippen molar-refractivity contribution in [2.45, 2.75) is 6.92 Å². The van der Waals surface area contributed by atoms with Gasteiger partial charge in [0.1, 0.15) is 5.82 Å². The van der Waals surface area contributed by atoms with Gasteiger partial charge in [-0.2, -0.15) is 0 Å². The van der Waals surface area contributed by atoms with Crippen molar-refractivity contribution in [3.05, 3.63) is 72.0 Å². The van der Waals surface area contributed by atoms with Crippen molar-refractivity contribution in [3.8, 4) is 22.5 Å². The zero-order valence-corrected chi connectivity index (χ0v) is 12.7. The number of halogens is 1. The summed E-state index contributed by atoms with van der Waals surface area (Å²) < 4.78 is 18.6. The number of H-pyrrole nitrogens is 1. The van der Waals surface area contributed by atoms with Crippen LogP contribution in [0.4, 0.5) is 4.39 Å². The third kappa shape index (κ3) is 3.16. The number of esters is 1. The van der Waals surface area contributed by atoms with Gasteiger partial charge < -0.3 is 9.72 Å². The van der Waals surface area contributed by atoms with E-state index in [2.05, 4.69) is 4.98 Å². The van der Waals surface area contributed by atoms with Gasteiger partial charge in [-0.15, -0.1) is 0 Å². The molecule has 0 aliphatic rings. The maximum atomic E-state index is 13.5. The number of aromatic nitrogens is 1. The highest BCUT2D eigenvalue weighted by atomic mass is 19.1. The summed E-state index contributed by atoms with van der Waals surface area (Å²) in [5.74, 6) is -0.721. The van der Waals surface area contributed by atoms with Crippen molar-refractivity contribution >= 4 is 5.97 Å². The van der Waals surface area contributed by atoms with Crippen LogP contribution in [0.15, 0.2) is 60.7 Å². The minimum absolute atomic E-state index is 0.299. The topological polar surface area (TPSA) is 42.1 Å². The molecular formula is C19H16FNO2. The minimum atomic E-state index is -0.398. The Hall–Kier alpha value is -2.88. The van der Waals surface area contributed by atoms with Crippen LogP contribution in [0.3, 0.4) is 0 Å². The molecule has 0 aliphatic heterocycles. The molecule has 0 radical (unpaired) electrons. The van der Waals surface area contributed by atoms with Gasteiger partial charge in [0, 0.05) is 11.3 Å². The molecule has 0 saturated heterocycles. The molecule has 4 heteroatoms. The summed E-state index contributed by atoms with van der Waals surface area (Å²) in [5, 5.41) is 0. The van der Waals surface area contributed by atoms with Crippen molar-refractivity contribution in [3.63, 3.8) is 0 Å². The maximum absolute atomic E-state index is 13.5. The van der Waals surface area contributed by atoms with E-state index in [1.54, 1.807) is 25.1 Å². The summed E-state index contributed by atoms with van der Waals surface area (Å²) in [6.45, 7) is 2.06. The van der Waals surface area contributed by atoms with E-state index in [1.165, 1.54) is 12.1 Å². The van der Waals surface area contributed by atoms with Gasteiger partial charge in [0.2, 0.25) is 0 Å². The van der Waals surface area contributed by atoms with E-state index in [9.17, 15) is 9.18 Å². The highest BCUT2D eigenvalue weighted by Gasteiger charge is 2.18. The monoisotopic (exact) mass is 309 g/mol. The van der Waals surface area contributed by atoms with Crippen molar-refractivity contribution in [1.29, 1.82) is 0 Å². The average Bonchev–Trinajstić information content (AvgIpc) is 3.01. The van der Waals surface area contributed by atoms with Gasteiger partial charge in [0.15, 0.2) is 0 Å². The minimum Gasteiger partial charge on any atom is -0.462 e. The summed E-state index contributed by atoms with van der Waals surface area (Å²) >= 11 is 0. The summed E-state index contributed by atoms with van der Waals surface area (Å²) in [6.07, 6.45) is 0. The van der Waals surface area contributed by atoms with Gasteiger partial charge in [-0.05, 0) is 30.7 Å². The molecule has 0 fully saturated rings. The number of ether oxygens (including phenoxy) is 1. The van der Waals surface area contributed by atoms with Crippen molar-refractivity contribution in [1.82, 2.24) is 4.98 Å². The molecule has 0 bridgehead atoms. The highest BCUT2D eigenvalue weighted by molar-refractivity contribution is 5.98. The van der Waals surface area contributed by atoms with Gasteiger partial charge >= 0.3 is 5.97 Å². The molecular weight excluding hydrogens is 293 g/mol. The Balaban J connectivity index is 2.12. The number of hydrogen-bond acceptors (Lipinski definition) is 2. The van der Waals surface area contributed by atoms with Gasteiger partial charge in [-0.1, -0.05) is 42.5 Å². The molecule has 116 valence electrons. The lowest BCUT2D eigenvalue weighted by molar-refractivity contribution is 0.0527. The Kier molecular flexibility index (Phi) is 4.24. The molecule has 1 aromatic heterocycles. The number of benzene rings is 2. The van der Waals surface area contributed by atoms with E-state index >= 15 is 0 Å². The van der Waals surface area contributed by atoms with Gasteiger partial charge in [-0.25, -0.2) is 9.18 Å². The lowest BCUT2D eigenvalue weighted by atomic mass is 10.1. The van der Waals surface area contributed by atoms with Crippen LogP contribution < -0.4 is 0 Å². The third-order valence-corrected chi connectivity index (χ3v) is 3.51. The Morgan fingerprint density at radius 3 is 2.48 bits per heavy atom. The number of rotatable bonds is 4. The molecule has 23 heavy (non-hydrogen) atoms. The fourth-order valence-corrected chi connectivity index (χ4v) is 2.47. The molecule has 1 N–H and O–H groups in total. The third-order valence-electron chi connectivity index (χ3n) is 3.51. The predicted octanol–water partition coefficient (Wildman–Crippen LogP) is 4.66. The zero-order chi connectivity index (χ0) is 16.2. The van der Waals surface area contributed by atoms with Gasteiger partial charge in [-0.3, -0.25) is 0 Å². The standard InChI is InChI=1S/C19H16FNO2/c1-2-23-19(22)16-12-17(14-9-6-10-15(20)11-14)21-18(16)13-7-4-3-5-8-13/h3-12,21H,2H2,1H3. The molecule has 0 amide bonds. The molecule has 0 aliphatic carbocycles. The first kappa shape index (κ1) is 15.0. The van der Waals surface area contributed by atoms with Crippen LogP contribution >= 0.6 is 0 Å². The molecule has 3 nitrogen and oxygen atoms in total. The Morgan fingerprint density at radius 1 is 1.04 bits per heavy atom. The van der Waals surface area contributed by atoms with Crippen LogP contribution in [0.1, 0.15) is 17.3 Å². The quantitative estimate of drug-likeness (QED) is 0.712. The fraction of sp³-hybridized carbons (Fsp3) is 0.105. The van der Waals surface area contributed by atoms with E-state index in [0.717, 1.165) is 5.56 Å². The summed E-state index contributed by atoms with van der Waals surface area (Å²) in [6, 6.07) is 17.5. The van der Waals surface area contributed by atoms with Crippen LogP contribution in [0.25, 0.3) is 22.5 Å². The largest absolute Gasteiger partial charge is 0.462 e. The van der Waals surface area contributed by atoms with E-state index < -0.39 is 5.97 Å². The lowest BCUT2D eigenvalue weighted by Gasteiger charge is -2.03. The molecule has 1 heterocycles. The van der Waals surface area contributed by atoms with E-state index in [4.69, 9.17) is 4.74 Å². The van der Waals surface area contributed by atoms with E-state index in [1.807, 2.05) is 30.3 Å². The SMILES string of the molecule is CCOC(=O)c1cc(-c2cccc(F)c2)[nH]c1-c1ccccc1. The fourth-order valence-electron chi connectivity index (χ4n) is 2.47.